The van der Waals surface area contributed by atoms with Gasteiger partial charge in [0.05, 0.1) is 6.61 Å². The van der Waals surface area contributed by atoms with Crippen LogP contribution in [0.2, 0.25) is 0 Å². The minimum absolute atomic E-state index is 0.104. The van der Waals surface area contributed by atoms with E-state index >= 15 is 0 Å². The standard InChI is InChI=1S/C28H28N2O5/c1-4-33-26(31)28(15-16-28)23-13-11-21(12-14-23)20-7-9-22(10-8-20)25-24(17(2)30-35-25)29-27(32)34-18(3)19-5-6-19/h7-16,18-19H,4-6H2,1-3H3,(H,29,32)/t18-/m1/s1. The Balaban J connectivity index is 1.30. The maximum absolute atomic E-state index is 12.4. The van der Waals surface area contributed by atoms with Crippen LogP contribution < -0.4 is 5.32 Å². The lowest BCUT2D eigenvalue weighted by molar-refractivity contribution is -0.145. The second-order valence-corrected chi connectivity index (χ2v) is 9.12. The minimum Gasteiger partial charge on any atom is -0.465 e. The Labute approximate surface area is 204 Å². The van der Waals surface area contributed by atoms with Crippen molar-refractivity contribution in [1.29, 1.82) is 0 Å². The number of nitrogens with one attached hydrogen (secondary N) is 1. The molecule has 7 heteroatoms. The molecule has 1 aromatic heterocycles. The van der Waals surface area contributed by atoms with Gasteiger partial charge in [-0.1, -0.05) is 65.8 Å². The van der Waals surface area contributed by atoms with Crippen molar-refractivity contribution in [1.82, 2.24) is 5.16 Å². The average Bonchev–Trinajstić information content (AvgIpc) is 3.78. The highest BCUT2D eigenvalue weighted by molar-refractivity contribution is 5.94. The molecule has 0 saturated heterocycles. The topological polar surface area (TPSA) is 90.7 Å². The fraction of sp³-hybridized carbons (Fsp3) is 0.321. The Hall–Kier alpha value is -3.87. The number of benzene rings is 2. The fourth-order valence-corrected chi connectivity index (χ4v) is 4.21. The highest BCUT2D eigenvalue weighted by Gasteiger charge is 2.45. The van der Waals surface area contributed by atoms with Crippen molar-refractivity contribution in [3.8, 4) is 22.5 Å². The molecule has 35 heavy (non-hydrogen) atoms. The van der Waals surface area contributed by atoms with E-state index in [1.165, 1.54) is 0 Å². The Morgan fingerprint density at radius 3 is 2.23 bits per heavy atom. The second kappa shape index (κ2) is 9.06. The number of esters is 1. The van der Waals surface area contributed by atoms with Crippen LogP contribution >= 0.6 is 0 Å². The first-order valence-corrected chi connectivity index (χ1v) is 11.9. The molecule has 0 radical (unpaired) electrons. The Bertz CT molecular complexity index is 1260. The van der Waals surface area contributed by atoms with E-state index in [9.17, 15) is 9.59 Å². The number of carbonyl (C=O) groups is 2. The smallest absolute Gasteiger partial charge is 0.412 e. The van der Waals surface area contributed by atoms with E-state index in [0.29, 0.717) is 29.7 Å². The lowest BCUT2D eigenvalue weighted by Gasteiger charge is -2.15. The number of ether oxygens (including phenoxy) is 2. The Morgan fingerprint density at radius 2 is 1.66 bits per heavy atom. The highest BCUT2D eigenvalue weighted by atomic mass is 16.6. The van der Waals surface area contributed by atoms with Crippen LogP contribution in [0, 0.1) is 12.8 Å². The summed E-state index contributed by atoms with van der Waals surface area (Å²) in [6, 6.07) is 15.7. The molecule has 1 heterocycles. The van der Waals surface area contributed by atoms with Gasteiger partial charge >= 0.3 is 12.1 Å². The highest BCUT2D eigenvalue weighted by Crippen LogP contribution is 2.41. The molecule has 0 bridgehead atoms. The number of amides is 1. The summed E-state index contributed by atoms with van der Waals surface area (Å²) < 4.78 is 16.2. The summed E-state index contributed by atoms with van der Waals surface area (Å²) >= 11 is 0. The summed E-state index contributed by atoms with van der Waals surface area (Å²) in [6.07, 6.45) is 5.32. The van der Waals surface area contributed by atoms with E-state index in [1.54, 1.807) is 13.8 Å². The van der Waals surface area contributed by atoms with Crippen LogP contribution in [0.25, 0.3) is 22.5 Å². The van der Waals surface area contributed by atoms with E-state index in [0.717, 1.165) is 35.1 Å². The maximum Gasteiger partial charge on any atom is 0.412 e. The monoisotopic (exact) mass is 472 g/mol. The van der Waals surface area contributed by atoms with Crippen molar-refractivity contribution in [3.05, 3.63) is 71.9 Å². The molecule has 0 aliphatic heterocycles. The summed E-state index contributed by atoms with van der Waals surface area (Å²) in [5.74, 6) is 0.702. The molecule has 1 amide bonds. The third kappa shape index (κ3) is 4.58. The summed E-state index contributed by atoms with van der Waals surface area (Å²) in [5.41, 5.74) is 4.09. The van der Waals surface area contributed by atoms with Gasteiger partial charge in [0.25, 0.3) is 0 Å². The van der Waals surface area contributed by atoms with Crippen molar-refractivity contribution in [3.63, 3.8) is 0 Å². The van der Waals surface area contributed by atoms with Crippen molar-refractivity contribution in [2.45, 2.75) is 45.1 Å². The molecule has 1 saturated carbocycles. The van der Waals surface area contributed by atoms with Gasteiger partial charge in [-0.25, -0.2) is 4.79 Å². The summed E-state index contributed by atoms with van der Waals surface area (Å²) in [7, 11) is 0. The van der Waals surface area contributed by atoms with Gasteiger partial charge in [-0.05, 0) is 56.2 Å². The lowest BCUT2D eigenvalue weighted by atomic mass is 9.91. The zero-order valence-electron chi connectivity index (χ0n) is 20.0. The van der Waals surface area contributed by atoms with Gasteiger partial charge in [-0.3, -0.25) is 10.1 Å². The SMILES string of the molecule is CCOC(=O)C1(c2ccc(-c3ccc(-c4onc(C)c4NC(=O)O[C@H](C)C4CC4)cc3)cc2)C=C1. The van der Waals surface area contributed by atoms with Crippen molar-refractivity contribution < 1.29 is 23.6 Å². The molecule has 2 aromatic carbocycles. The number of aryl methyl sites for hydroxylation is 1. The van der Waals surface area contributed by atoms with E-state index in [2.05, 4.69) is 10.5 Å². The number of anilines is 1. The number of hydrogen-bond donors (Lipinski definition) is 1. The van der Waals surface area contributed by atoms with Gasteiger partial charge in [0, 0.05) is 5.56 Å². The number of aromatic nitrogens is 1. The maximum atomic E-state index is 12.4. The van der Waals surface area contributed by atoms with Crippen LogP contribution in [0.1, 0.15) is 37.9 Å². The molecule has 0 spiro atoms. The minimum atomic E-state index is -0.719. The normalized spacial score (nSPS) is 16.4. The molecule has 2 aliphatic carbocycles. The first kappa shape index (κ1) is 22.9. The van der Waals surface area contributed by atoms with Gasteiger partial charge in [0.2, 0.25) is 0 Å². The molecule has 1 N–H and O–H groups in total. The molecule has 1 fully saturated rings. The number of carbonyl (C=O) groups excluding carboxylic acids is 2. The first-order valence-electron chi connectivity index (χ1n) is 11.9. The third-order valence-electron chi connectivity index (χ3n) is 6.62. The summed E-state index contributed by atoms with van der Waals surface area (Å²) in [5, 5.41) is 6.83. The van der Waals surface area contributed by atoms with E-state index in [-0.39, 0.29) is 12.1 Å². The van der Waals surface area contributed by atoms with Crippen LogP contribution in [-0.4, -0.2) is 29.9 Å². The Morgan fingerprint density at radius 1 is 1.06 bits per heavy atom. The van der Waals surface area contributed by atoms with E-state index < -0.39 is 11.5 Å². The fourth-order valence-electron chi connectivity index (χ4n) is 4.21. The molecule has 180 valence electrons. The lowest BCUT2D eigenvalue weighted by Crippen LogP contribution is -2.24. The number of nitrogens with zero attached hydrogens (tertiary/aromatic N) is 1. The summed E-state index contributed by atoms with van der Waals surface area (Å²) in [4.78, 5) is 24.7. The Kier molecular flexibility index (Phi) is 5.93. The third-order valence-corrected chi connectivity index (χ3v) is 6.62. The zero-order valence-corrected chi connectivity index (χ0v) is 20.0. The van der Waals surface area contributed by atoms with Crippen LogP contribution in [0.15, 0.2) is 65.2 Å². The second-order valence-electron chi connectivity index (χ2n) is 9.12. The average molecular weight is 473 g/mol. The van der Waals surface area contributed by atoms with Crippen LogP contribution in [0.4, 0.5) is 10.5 Å². The van der Waals surface area contributed by atoms with Crippen molar-refractivity contribution in [2.75, 3.05) is 11.9 Å². The predicted octanol–water partition coefficient (Wildman–Crippen LogP) is 6.03. The van der Waals surface area contributed by atoms with Gasteiger partial charge < -0.3 is 14.0 Å². The molecular weight excluding hydrogens is 444 g/mol. The quantitative estimate of drug-likeness (QED) is 0.318. The van der Waals surface area contributed by atoms with Gasteiger partial charge in [-0.15, -0.1) is 0 Å². The molecule has 0 unspecified atom stereocenters. The van der Waals surface area contributed by atoms with Crippen LogP contribution in [0.5, 0.6) is 0 Å². The van der Waals surface area contributed by atoms with Crippen molar-refractivity contribution >= 4 is 17.7 Å². The van der Waals surface area contributed by atoms with Crippen LogP contribution in [-0.2, 0) is 19.7 Å². The number of rotatable bonds is 8. The zero-order chi connectivity index (χ0) is 24.6. The van der Waals surface area contributed by atoms with Crippen LogP contribution in [0.3, 0.4) is 0 Å². The molecule has 3 aromatic rings. The molecular formula is C28H28N2O5. The molecule has 1 atom stereocenters. The molecule has 5 rings (SSSR count). The summed E-state index contributed by atoms with van der Waals surface area (Å²) in [6.45, 7) is 5.86. The molecule has 7 nitrogen and oxygen atoms in total. The van der Waals surface area contributed by atoms with Gasteiger partial charge in [0.1, 0.15) is 22.9 Å². The van der Waals surface area contributed by atoms with E-state index in [1.807, 2.05) is 67.6 Å². The number of hydrogen-bond acceptors (Lipinski definition) is 6. The first-order chi connectivity index (χ1) is 16.9. The van der Waals surface area contributed by atoms with Gasteiger partial charge in [0.15, 0.2) is 5.76 Å². The van der Waals surface area contributed by atoms with E-state index in [4.69, 9.17) is 14.0 Å². The van der Waals surface area contributed by atoms with Crippen molar-refractivity contribution in [2.24, 2.45) is 5.92 Å². The molecule has 2 aliphatic rings. The predicted molar refractivity (Wildman–Crippen MR) is 132 cm³/mol. The van der Waals surface area contributed by atoms with Gasteiger partial charge in [-0.2, -0.15) is 0 Å². The largest absolute Gasteiger partial charge is 0.465 e.